The maximum absolute atomic E-state index is 11.8. The predicted octanol–water partition coefficient (Wildman–Crippen LogP) is 2.76. The van der Waals surface area contributed by atoms with Crippen LogP contribution in [0.25, 0.3) is 0 Å². The minimum atomic E-state index is -0.391. The Bertz CT molecular complexity index is 526. The predicted molar refractivity (Wildman–Crippen MR) is 86.7 cm³/mol. The second-order valence-corrected chi connectivity index (χ2v) is 7.84. The summed E-state index contributed by atoms with van der Waals surface area (Å²) < 4.78 is 0. The van der Waals surface area contributed by atoms with Gasteiger partial charge in [0.15, 0.2) is 0 Å². The fourth-order valence-corrected chi connectivity index (χ4v) is 2.19. The number of hydrogen-bond acceptors (Lipinski definition) is 4. The molecule has 0 aliphatic rings. The van der Waals surface area contributed by atoms with Crippen LogP contribution in [0.5, 0.6) is 0 Å². The first-order valence-electron chi connectivity index (χ1n) is 7.25. The lowest BCUT2D eigenvalue weighted by Crippen LogP contribution is -2.44. The van der Waals surface area contributed by atoms with Crippen molar-refractivity contribution >= 4 is 11.4 Å². The maximum atomic E-state index is 11.8. The summed E-state index contributed by atoms with van der Waals surface area (Å²) in [5, 5.41) is 3.14. The topological polar surface area (TPSA) is 49.4 Å². The molecule has 1 rings (SSSR count). The summed E-state index contributed by atoms with van der Waals surface area (Å²) in [7, 11) is 1.88. The average molecular weight is 280 g/mol. The number of nitrogens with zero attached hydrogens (tertiary/aromatic N) is 1. The fourth-order valence-electron chi connectivity index (χ4n) is 2.19. The van der Waals surface area contributed by atoms with E-state index in [0.717, 1.165) is 19.4 Å². The van der Waals surface area contributed by atoms with Crippen molar-refractivity contribution in [3.05, 3.63) is 20.4 Å². The molecule has 0 bridgehead atoms. The zero-order valence-electron chi connectivity index (χ0n) is 13.9. The van der Waals surface area contributed by atoms with Crippen LogP contribution in [0.2, 0.25) is 0 Å². The van der Waals surface area contributed by atoms with Crippen molar-refractivity contribution in [2.75, 3.05) is 23.8 Å². The van der Waals surface area contributed by atoms with Crippen LogP contribution in [0, 0.1) is 5.41 Å². The SMILES string of the molecule is CN(CCCC(C)(C)C)c1c(NC(C)(C)C)c(=O)c1=O. The van der Waals surface area contributed by atoms with E-state index in [1.54, 1.807) is 0 Å². The van der Waals surface area contributed by atoms with Gasteiger partial charge in [0.05, 0.1) is 0 Å². The summed E-state index contributed by atoms with van der Waals surface area (Å²) in [6, 6.07) is 0. The molecule has 0 atom stereocenters. The number of hydrogen-bond donors (Lipinski definition) is 1. The molecule has 1 N–H and O–H groups in total. The molecular formula is C16H28N2O2. The van der Waals surface area contributed by atoms with Crippen molar-refractivity contribution < 1.29 is 0 Å². The van der Waals surface area contributed by atoms with Crippen LogP contribution in [0.1, 0.15) is 54.4 Å². The Hall–Kier alpha value is -1.32. The summed E-state index contributed by atoms with van der Waals surface area (Å²) in [6.07, 6.45) is 2.10. The second kappa shape index (κ2) is 5.58. The molecule has 0 spiro atoms. The van der Waals surface area contributed by atoms with E-state index >= 15 is 0 Å². The zero-order valence-corrected chi connectivity index (χ0v) is 13.9. The van der Waals surface area contributed by atoms with Crippen molar-refractivity contribution in [1.82, 2.24) is 0 Å². The van der Waals surface area contributed by atoms with Gasteiger partial charge in [0.2, 0.25) is 0 Å². The molecule has 0 aliphatic carbocycles. The number of anilines is 2. The first-order chi connectivity index (χ1) is 8.92. The van der Waals surface area contributed by atoms with E-state index in [0.29, 0.717) is 16.8 Å². The number of nitrogens with one attached hydrogen (secondary N) is 1. The van der Waals surface area contributed by atoms with Crippen LogP contribution in [-0.2, 0) is 0 Å². The van der Waals surface area contributed by atoms with E-state index in [1.807, 2.05) is 32.7 Å². The van der Waals surface area contributed by atoms with Gasteiger partial charge in [-0.25, -0.2) is 0 Å². The smallest absolute Gasteiger partial charge is 0.253 e. The van der Waals surface area contributed by atoms with E-state index < -0.39 is 5.43 Å². The van der Waals surface area contributed by atoms with Crippen LogP contribution < -0.4 is 21.1 Å². The largest absolute Gasteiger partial charge is 0.375 e. The Labute approximate surface area is 121 Å². The summed E-state index contributed by atoms with van der Waals surface area (Å²) >= 11 is 0. The van der Waals surface area contributed by atoms with Gasteiger partial charge in [-0.1, -0.05) is 20.8 Å². The summed E-state index contributed by atoms with van der Waals surface area (Å²) in [5.74, 6) is 0. The molecule has 0 unspecified atom stereocenters. The summed E-state index contributed by atoms with van der Waals surface area (Å²) in [4.78, 5) is 25.4. The van der Waals surface area contributed by atoms with E-state index in [2.05, 4.69) is 26.1 Å². The van der Waals surface area contributed by atoms with E-state index in [9.17, 15) is 9.59 Å². The average Bonchev–Trinajstić information content (AvgIpc) is 2.24. The Morgan fingerprint density at radius 2 is 1.55 bits per heavy atom. The molecule has 20 heavy (non-hydrogen) atoms. The van der Waals surface area contributed by atoms with Gasteiger partial charge >= 0.3 is 0 Å². The molecular weight excluding hydrogens is 252 g/mol. The molecule has 0 fully saturated rings. The minimum Gasteiger partial charge on any atom is -0.375 e. The van der Waals surface area contributed by atoms with Gasteiger partial charge in [-0.2, -0.15) is 0 Å². The van der Waals surface area contributed by atoms with Crippen LogP contribution in [-0.4, -0.2) is 19.1 Å². The third kappa shape index (κ3) is 4.36. The molecule has 4 heteroatoms. The summed E-state index contributed by atoms with van der Waals surface area (Å²) in [5.41, 5.74) is 0.330. The van der Waals surface area contributed by atoms with Crippen molar-refractivity contribution in [2.24, 2.45) is 5.41 Å². The molecule has 0 saturated carbocycles. The Morgan fingerprint density at radius 1 is 1.00 bits per heavy atom. The first-order valence-corrected chi connectivity index (χ1v) is 7.25. The highest BCUT2D eigenvalue weighted by Gasteiger charge is 2.26. The van der Waals surface area contributed by atoms with Crippen LogP contribution in [0.15, 0.2) is 9.59 Å². The molecule has 1 aromatic carbocycles. The zero-order chi connectivity index (χ0) is 15.7. The monoisotopic (exact) mass is 280 g/mol. The van der Waals surface area contributed by atoms with E-state index in [-0.39, 0.29) is 11.0 Å². The first kappa shape index (κ1) is 16.7. The molecule has 0 saturated heterocycles. The second-order valence-electron chi connectivity index (χ2n) is 7.84. The highest BCUT2D eigenvalue weighted by Crippen LogP contribution is 2.25. The van der Waals surface area contributed by atoms with Gasteiger partial charge in [0.1, 0.15) is 11.4 Å². The lowest BCUT2D eigenvalue weighted by Gasteiger charge is -2.29. The number of rotatable bonds is 5. The van der Waals surface area contributed by atoms with E-state index in [1.165, 1.54) is 0 Å². The molecule has 1 aromatic rings. The highest BCUT2D eigenvalue weighted by atomic mass is 16.2. The minimum absolute atomic E-state index is 0.219. The third-order valence-electron chi connectivity index (χ3n) is 3.19. The molecule has 0 heterocycles. The van der Waals surface area contributed by atoms with Crippen molar-refractivity contribution in [3.8, 4) is 0 Å². The maximum Gasteiger partial charge on any atom is 0.253 e. The van der Waals surface area contributed by atoms with Gasteiger partial charge in [-0.05, 0) is 39.0 Å². The van der Waals surface area contributed by atoms with Crippen LogP contribution in [0.3, 0.4) is 0 Å². The lowest BCUT2D eigenvalue weighted by molar-refractivity contribution is 0.367. The Morgan fingerprint density at radius 3 is 2.00 bits per heavy atom. The normalized spacial score (nSPS) is 12.8. The molecule has 0 aliphatic heterocycles. The van der Waals surface area contributed by atoms with Crippen molar-refractivity contribution in [1.29, 1.82) is 0 Å². The molecule has 0 amide bonds. The summed E-state index contributed by atoms with van der Waals surface area (Å²) in [6.45, 7) is 13.3. The van der Waals surface area contributed by atoms with E-state index in [4.69, 9.17) is 0 Å². The quantitative estimate of drug-likeness (QED) is 0.843. The highest BCUT2D eigenvalue weighted by molar-refractivity contribution is 5.75. The molecule has 0 aromatic heterocycles. The van der Waals surface area contributed by atoms with Crippen LogP contribution in [0.4, 0.5) is 11.4 Å². The Kier molecular flexibility index (Phi) is 4.67. The van der Waals surface area contributed by atoms with Crippen LogP contribution >= 0.6 is 0 Å². The van der Waals surface area contributed by atoms with Gasteiger partial charge < -0.3 is 10.2 Å². The van der Waals surface area contributed by atoms with Gasteiger partial charge in [0.25, 0.3) is 10.9 Å². The van der Waals surface area contributed by atoms with Gasteiger partial charge in [0, 0.05) is 19.1 Å². The molecule has 0 radical (unpaired) electrons. The third-order valence-corrected chi connectivity index (χ3v) is 3.19. The standard InChI is InChI=1S/C16H28N2O2/c1-15(2,3)9-8-10-18(7)12-11(13(19)14(12)20)17-16(4,5)6/h17H,8-10H2,1-7H3. The molecule has 4 nitrogen and oxygen atoms in total. The van der Waals surface area contributed by atoms with Gasteiger partial charge in [-0.3, -0.25) is 9.59 Å². The molecule has 114 valence electrons. The van der Waals surface area contributed by atoms with Crippen molar-refractivity contribution in [3.63, 3.8) is 0 Å². The van der Waals surface area contributed by atoms with Gasteiger partial charge in [-0.15, -0.1) is 0 Å². The Balaban J connectivity index is 2.74. The lowest BCUT2D eigenvalue weighted by atomic mass is 9.90. The van der Waals surface area contributed by atoms with Crippen molar-refractivity contribution in [2.45, 2.75) is 59.9 Å². The fraction of sp³-hybridized carbons (Fsp3) is 0.750.